The van der Waals surface area contributed by atoms with Crippen molar-refractivity contribution in [2.45, 2.75) is 48.6 Å². The highest BCUT2D eigenvalue weighted by Crippen LogP contribution is 2.40. The molecule has 0 saturated carbocycles. The average Bonchev–Trinajstić information content (AvgIpc) is 2.55. The van der Waals surface area contributed by atoms with Crippen LogP contribution in [-0.4, -0.2) is 35.0 Å². The monoisotopic (exact) mass is 307 g/mol. The molecule has 1 aliphatic carbocycles. The second-order valence-electron chi connectivity index (χ2n) is 6.21. The zero-order chi connectivity index (χ0) is 14.8. The fourth-order valence-electron chi connectivity index (χ4n) is 3.78. The van der Waals surface area contributed by atoms with E-state index in [1.165, 1.54) is 11.1 Å². The van der Waals surface area contributed by atoms with Crippen molar-refractivity contribution in [3.05, 3.63) is 35.4 Å². The standard InChI is InChI=1S/C17H25NO2S/c1-12-11-16(21(19)13-7-9-20-10-8-13)17(18-2)15-6-4-3-5-14(12)15/h3-6,12-13,16-18H,7-11H2,1-2H3. The highest BCUT2D eigenvalue weighted by molar-refractivity contribution is 7.86. The minimum absolute atomic E-state index is 0.209. The van der Waals surface area contributed by atoms with Crippen LogP contribution in [0.25, 0.3) is 0 Å². The molecule has 1 heterocycles. The van der Waals surface area contributed by atoms with E-state index in [-0.39, 0.29) is 11.3 Å². The second kappa shape index (κ2) is 6.59. The molecule has 4 atom stereocenters. The topological polar surface area (TPSA) is 38.3 Å². The van der Waals surface area contributed by atoms with Crippen molar-refractivity contribution >= 4 is 10.8 Å². The molecule has 21 heavy (non-hydrogen) atoms. The van der Waals surface area contributed by atoms with Gasteiger partial charge in [-0.15, -0.1) is 0 Å². The van der Waals surface area contributed by atoms with Crippen molar-refractivity contribution in [2.24, 2.45) is 0 Å². The molecular weight excluding hydrogens is 282 g/mol. The summed E-state index contributed by atoms with van der Waals surface area (Å²) in [4.78, 5) is 0. The van der Waals surface area contributed by atoms with E-state index in [4.69, 9.17) is 4.74 Å². The van der Waals surface area contributed by atoms with Crippen LogP contribution < -0.4 is 5.32 Å². The molecule has 0 aromatic heterocycles. The quantitative estimate of drug-likeness (QED) is 0.933. The molecule has 3 rings (SSSR count). The zero-order valence-electron chi connectivity index (χ0n) is 12.9. The Morgan fingerprint density at radius 3 is 2.52 bits per heavy atom. The number of rotatable bonds is 3. The fraction of sp³-hybridized carbons (Fsp3) is 0.647. The van der Waals surface area contributed by atoms with Gasteiger partial charge in [-0.2, -0.15) is 0 Å². The van der Waals surface area contributed by atoms with Gasteiger partial charge in [0.25, 0.3) is 0 Å². The molecule has 1 saturated heterocycles. The minimum atomic E-state index is -0.793. The van der Waals surface area contributed by atoms with Gasteiger partial charge in [0, 0.05) is 35.3 Å². The Balaban J connectivity index is 1.87. The van der Waals surface area contributed by atoms with Crippen LogP contribution in [-0.2, 0) is 15.5 Å². The van der Waals surface area contributed by atoms with Crippen molar-refractivity contribution < 1.29 is 8.95 Å². The molecule has 4 heteroatoms. The molecule has 1 aromatic carbocycles. The predicted octanol–water partition coefficient (Wildman–Crippen LogP) is 2.75. The molecule has 0 bridgehead atoms. The van der Waals surface area contributed by atoms with E-state index in [0.717, 1.165) is 32.5 Å². The van der Waals surface area contributed by atoms with Crippen LogP contribution >= 0.6 is 0 Å². The fourth-order valence-corrected chi connectivity index (χ4v) is 5.96. The van der Waals surface area contributed by atoms with Crippen molar-refractivity contribution in [2.75, 3.05) is 20.3 Å². The number of ether oxygens (including phenoxy) is 1. The predicted molar refractivity (Wildman–Crippen MR) is 87.0 cm³/mol. The molecule has 1 aromatic rings. The van der Waals surface area contributed by atoms with Crippen LogP contribution in [0.2, 0.25) is 0 Å². The highest BCUT2D eigenvalue weighted by Gasteiger charge is 2.38. The Labute approximate surface area is 129 Å². The lowest BCUT2D eigenvalue weighted by atomic mass is 9.81. The van der Waals surface area contributed by atoms with E-state index in [9.17, 15) is 4.21 Å². The molecule has 3 nitrogen and oxygen atoms in total. The summed E-state index contributed by atoms with van der Waals surface area (Å²) in [6.07, 6.45) is 2.89. The van der Waals surface area contributed by atoms with Crippen molar-refractivity contribution in [1.29, 1.82) is 0 Å². The lowest BCUT2D eigenvalue weighted by molar-refractivity contribution is 0.0989. The van der Waals surface area contributed by atoms with Crippen LogP contribution in [0.5, 0.6) is 0 Å². The average molecular weight is 307 g/mol. The maximum Gasteiger partial charge on any atom is 0.0551 e. The van der Waals surface area contributed by atoms with Gasteiger partial charge in [0.15, 0.2) is 0 Å². The summed E-state index contributed by atoms with van der Waals surface area (Å²) in [6, 6.07) is 8.83. The summed E-state index contributed by atoms with van der Waals surface area (Å²) < 4.78 is 18.5. The molecule has 1 fully saturated rings. The van der Waals surface area contributed by atoms with Crippen molar-refractivity contribution in [3.63, 3.8) is 0 Å². The van der Waals surface area contributed by atoms with Crippen LogP contribution in [0.3, 0.4) is 0 Å². The first kappa shape index (κ1) is 15.2. The van der Waals surface area contributed by atoms with Gasteiger partial charge < -0.3 is 10.1 Å². The SMILES string of the molecule is CNC1c2ccccc2C(C)CC1S(=O)C1CCOCC1. The van der Waals surface area contributed by atoms with Crippen molar-refractivity contribution in [1.82, 2.24) is 5.32 Å². The van der Waals surface area contributed by atoms with Gasteiger partial charge in [-0.25, -0.2) is 0 Å². The van der Waals surface area contributed by atoms with E-state index >= 15 is 0 Å². The summed E-state index contributed by atoms with van der Waals surface area (Å²) in [5.74, 6) is 0.486. The maximum atomic E-state index is 13.1. The molecule has 0 amide bonds. The van der Waals surface area contributed by atoms with Crippen molar-refractivity contribution in [3.8, 4) is 0 Å². The zero-order valence-corrected chi connectivity index (χ0v) is 13.7. The normalized spacial score (nSPS) is 31.6. The number of benzene rings is 1. The van der Waals surface area contributed by atoms with Gasteiger partial charge >= 0.3 is 0 Å². The third kappa shape index (κ3) is 2.94. The van der Waals surface area contributed by atoms with Gasteiger partial charge in [0.05, 0.1) is 5.25 Å². The molecule has 0 radical (unpaired) electrons. The Kier molecular flexibility index (Phi) is 4.77. The number of nitrogens with one attached hydrogen (secondary N) is 1. The van der Waals surface area contributed by atoms with Gasteiger partial charge in [-0.3, -0.25) is 4.21 Å². The molecule has 0 spiro atoms. The largest absolute Gasteiger partial charge is 0.381 e. The van der Waals surface area contributed by atoms with Gasteiger partial charge in [0.2, 0.25) is 0 Å². The second-order valence-corrected chi connectivity index (χ2v) is 8.14. The summed E-state index contributed by atoms with van der Waals surface area (Å²) in [5, 5.41) is 3.94. The third-order valence-corrected chi connectivity index (χ3v) is 7.12. The lowest BCUT2D eigenvalue weighted by Gasteiger charge is -2.38. The first-order valence-corrected chi connectivity index (χ1v) is 9.23. The first-order chi connectivity index (χ1) is 10.2. The van der Waals surface area contributed by atoms with Crippen LogP contribution in [0.1, 0.15) is 49.3 Å². The number of hydrogen-bond acceptors (Lipinski definition) is 3. The van der Waals surface area contributed by atoms with Gasteiger partial charge in [-0.05, 0) is 43.4 Å². The van der Waals surface area contributed by atoms with Crippen LogP contribution in [0.4, 0.5) is 0 Å². The molecule has 2 aliphatic rings. The lowest BCUT2D eigenvalue weighted by Crippen LogP contribution is -2.42. The minimum Gasteiger partial charge on any atom is -0.381 e. The Hall–Kier alpha value is -0.710. The molecule has 116 valence electrons. The van der Waals surface area contributed by atoms with Gasteiger partial charge in [-0.1, -0.05) is 31.2 Å². The number of hydrogen-bond donors (Lipinski definition) is 1. The molecule has 4 unspecified atom stereocenters. The van der Waals surface area contributed by atoms with Crippen LogP contribution in [0.15, 0.2) is 24.3 Å². The summed E-state index contributed by atoms with van der Waals surface area (Å²) >= 11 is 0. The van der Waals surface area contributed by atoms with Gasteiger partial charge in [0.1, 0.15) is 0 Å². The summed E-state index contributed by atoms with van der Waals surface area (Å²) in [5.41, 5.74) is 2.75. The maximum absolute atomic E-state index is 13.1. The van der Waals surface area contributed by atoms with E-state index in [1.54, 1.807) is 0 Å². The van der Waals surface area contributed by atoms with E-state index in [1.807, 2.05) is 7.05 Å². The Morgan fingerprint density at radius 2 is 1.86 bits per heavy atom. The van der Waals surface area contributed by atoms with Crippen LogP contribution in [0, 0.1) is 0 Å². The highest BCUT2D eigenvalue weighted by atomic mass is 32.2. The molecule has 1 N–H and O–H groups in total. The summed E-state index contributed by atoms with van der Waals surface area (Å²) in [7, 11) is 1.20. The third-order valence-electron chi connectivity index (χ3n) is 4.93. The van der Waals surface area contributed by atoms with E-state index < -0.39 is 10.8 Å². The van der Waals surface area contributed by atoms with E-state index in [2.05, 4.69) is 36.5 Å². The first-order valence-electron chi connectivity index (χ1n) is 7.95. The molecular formula is C17H25NO2S. The van der Waals surface area contributed by atoms with E-state index in [0.29, 0.717) is 11.2 Å². The Morgan fingerprint density at radius 1 is 1.19 bits per heavy atom. The number of fused-ring (bicyclic) bond motifs is 1. The molecule has 1 aliphatic heterocycles. The summed E-state index contributed by atoms with van der Waals surface area (Å²) in [6.45, 7) is 3.79. The Bertz CT molecular complexity index is 513. The smallest absolute Gasteiger partial charge is 0.0551 e.